The Kier molecular flexibility index (Phi) is 5.67. The van der Waals surface area contributed by atoms with Crippen molar-refractivity contribution < 1.29 is 9.21 Å². The number of halogens is 1. The molecule has 0 fully saturated rings. The Morgan fingerprint density at radius 3 is 2.79 bits per heavy atom. The number of hydrogen-bond donors (Lipinski definition) is 0. The summed E-state index contributed by atoms with van der Waals surface area (Å²) in [6, 6.07) is 15.6. The third-order valence-electron chi connectivity index (χ3n) is 3.43. The molecule has 0 aliphatic carbocycles. The fourth-order valence-corrected chi connectivity index (χ4v) is 3.41. The van der Waals surface area contributed by atoms with Gasteiger partial charge in [0.25, 0.3) is 0 Å². The van der Waals surface area contributed by atoms with Crippen LogP contribution in [0.4, 0.5) is 0 Å². The molecule has 122 valence electrons. The van der Waals surface area contributed by atoms with Crippen molar-refractivity contribution >= 4 is 39.2 Å². The van der Waals surface area contributed by atoms with E-state index in [0.29, 0.717) is 13.1 Å². The Bertz CT molecular complexity index is 774. The van der Waals surface area contributed by atoms with Crippen LogP contribution in [0.25, 0.3) is 6.08 Å². The maximum absolute atomic E-state index is 12.6. The molecule has 3 aromatic rings. The molecule has 0 radical (unpaired) electrons. The van der Waals surface area contributed by atoms with Gasteiger partial charge in [-0.3, -0.25) is 4.79 Å². The summed E-state index contributed by atoms with van der Waals surface area (Å²) in [5, 5.41) is 2.02. The van der Waals surface area contributed by atoms with E-state index in [-0.39, 0.29) is 5.91 Å². The number of benzene rings is 1. The predicted octanol–water partition coefficient (Wildman–Crippen LogP) is 5.35. The lowest BCUT2D eigenvalue weighted by molar-refractivity contribution is -0.127. The maximum atomic E-state index is 12.6. The van der Waals surface area contributed by atoms with E-state index in [1.54, 1.807) is 28.6 Å². The molecule has 3 nitrogen and oxygen atoms in total. The average Bonchev–Trinajstić information content (AvgIpc) is 3.26. The molecule has 1 amide bonds. The zero-order chi connectivity index (χ0) is 16.8. The van der Waals surface area contributed by atoms with Crippen molar-refractivity contribution in [2.24, 2.45) is 0 Å². The Morgan fingerprint density at radius 1 is 1.17 bits per heavy atom. The van der Waals surface area contributed by atoms with Gasteiger partial charge in [-0.15, -0.1) is 11.3 Å². The second-order valence-electron chi connectivity index (χ2n) is 5.24. The third-order valence-corrected chi connectivity index (χ3v) is 4.79. The number of rotatable bonds is 6. The van der Waals surface area contributed by atoms with Crippen LogP contribution in [0, 0.1) is 0 Å². The largest absolute Gasteiger partial charge is 0.467 e. The summed E-state index contributed by atoms with van der Waals surface area (Å²) in [6.07, 6.45) is 5.06. The monoisotopic (exact) mass is 401 g/mol. The summed E-state index contributed by atoms with van der Waals surface area (Å²) in [5.74, 6) is 0.732. The highest BCUT2D eigenvalue weighted by molar-refractivity contribution is 9.10. The van der Waals surface area contributed by atoms with E-state index < -0.39 is 0 Å². The Morgan fingerprint density at radius 2 is 2.08 bits per heavy atom. The molecule has 0 bridgehead atoms. The normalized spacial score (nSPS) is 11.0. The maximum Gasteiger partial charge on any atom is 0.247 e. The number of hydrogen-bond acceptors (Lipinski definition) is 3. The predicted molar refractivity (Wildman–Crippen MR) is 100 cm³/mol. The van der Waals surface area contributed by atoms with Gasteiger partial charge in [-0.25, -0.2) is 0 Å². The Hall–Kier alpha value is -2.11. The summed E-state index contributed by atoms with van der Waals surface area (Å²) >= 11 is 5.08. The van der Waals surface area contributed by atoms with E-state index in [4.69, 9.17) is 4.42 Å². The first kappa shape index (κ1) is 16.7. The molecule has 0 N–H and O–H groups in total. The molecule has 2 aromatic heterocycles. The van der Waals surface area contributed by atoms with Gasteiger partial charge >= 0.3 is 0 Å². The molecule has 1 aromatic carbocycles. The Balaban J connectivity index is 1.74. The second-order valence-corrected chi connectivity index (χ2v) is 7.19. The van der Waals surface area contributed by atoms with Gasteiger partial charge in [0.15, 0.2) is 0 Å². The number of carbonyl (C=O) groups is 1. The van der Waals surface area contributed by atoms with Crippen molar-refractivity contribution in [3.63, 3.8) is 0 Å². The van der Waals surface area contributed by atoms with Crippen LogP contribution in [-0.4, -0.2) is 10.8 Å². The Labute approximate surface area is 153 Å². The topological polar surface area (TPSA) is 33.5 Å². The van der Waals surface area contributed by atoms with Gasteiger partial charge in [0.2, 0.25) is 5.91 Å². The van der Waals surface area contributed by atoms with Crippen molar-refractivity contribution in [1.29, 1.82) is 0 Å². The van der Waals surface area contributed by atoms with Crippen molar-refractivity contribution in [3.8, 4) is 0 Å². The zero-order valence-corrected chi connectivity index (χ0v) is 15.3. The van der Waals surface area contributed by atoms with Crippen molar-refractivity contribution in [2.45, 2.75) is 13.1 Å². The lowest BCUT2D eigenvalue weighted by Gasteiger charge is -2.19. The van der Waals surface area contributed by atoms with Gasteiger partial charge in [-0.1, -0.05) is 34.1 Å². The lowest BCUT2D eigenvalue weighted by atomic mass is 10.2. The minimum atomic E-state index is -0.0419. The standard InChI is InChI=1S/C19H16BrNO2S/c20-16-5-1-4-15(12-16)8-9-19(22)21(13-17-6-2-10-23-17)14-18-7-3-11-24-18/h1-12H,13-14H2/b9-8+. The van der Waals surface area contributed by atoms with Gasteiger partial charge in [0.05, 0.1) is 19.4 Å². The van der Waals surface area contributed by atoms with Crippen LogP contribution in [0.3, 0.4) is 0 Å². The summed E-state index contributed by atoms with van der Waals surface area (Å²) in [6.45, 7) is 1.02. The average molecular weight is 402 g/mol. The highest BCUT2D eigenvalue weighted by Crippen LogP contribution is 2.16. The molecule has 0 aliphatic heterocycles. The third kappa shape index (κ3) is 4.69. The van der Waals surface area contributed by atoms with Crippen LogP contribution in [-0.2, 0) is 17.9 Å². The van der Waals surface area contributed by atoms with Gasteiger partial charge in [-0.2, -0.15) is 0 Å². The first-order chi connectivity index (χ1) is 11.7. The number of carbonyl (C=O) groups excluding carboxylic acids is 1. The van der Waals surface area contributed by atoms with Gasteiger partial charge in [0.1, 0.15) is 5.76 Å². The van der Waals surface area contributed by atoms with E-state index in [1.165, 1.54) is 0 Å². The second kappa shape index (κ2) is 8.13. The number of thiophene rings is 1. The molecule has 3 rings (SSSR count). The molecule has 0 aliphatic rings. The molecule has 0 spiro atoms. The molecular formula is C19H16BrNO2S. The summed E-state index contributed by atoms with van der Waals surface area (Å²) in [7, 11) is 0. The summed E-state index contributed by atoms with van der Waals surface area (Å²) < 4.78 is 6.38. The number of amides is 1. The molecule has 5 heteroatoms. The number of nitrogens with zero attached hydrogens (tertiary/aromatic N) is 1. The first-order valence-corrected chi connectivity index (χ1v) is 9.15. The quantitative estimate of drug-likeness (QED) is 0.521. The van der Waals surface area contributed by atoms with Gasteiger partial charge in [0, 0.05) is 15.4 Å². The minimum Gasteiger partial charge on any atom is -0.467 e. The molecule has 0 saturated heterocycles. The fourth-order valence-electron chi connectivity index (χ4n) is 2.28. The molecule has 2 heterocycles. The molecule has 24 heavy (non-hydrogen) atoms. The zero-order valence-electron chi connectivity index (χ0n) is 12.9. The molecule has 0 saturated carbocycles. The van der Waals surface area contributed by atoms with E-state index in [1.807, 2.05) is 60.0 Å². The minimum absolute atomic E-state index is 0.0419. The van der Waals surface area contributed by atoms with Gasteiger partial charge < -0.3 is 9.32 Å². The smallest absolute Gasteiger partial charge is 0.247 e. The van der Waals surface area contributed by atoms with Crippen LogP contribution in [0.1, 0.15) is 16.2 Å². The van der Waals surface area contributed by atoms with Crippen molar-refractivity contribution in [2.75, 3.05) is 0 Å². The van der Waals surface area contributed by atoms with Crippen LogP contribution in [0.5, 0.6) is 0 Å². The van der Waals surface area contributed by atoms with Crippen molar-refractivity contribution in [3.05, 3.63) is 86.9 Å². The van der Waals surface area contributed by atoms with E-state index in [9.17, 15) is 4.79 Å². The van der Waals surface area contributed by atoms with E-state index >= 15 is 0 Å². The first-order valence-electron chi connectivity index (χ1n) is 7.48. The fraction of sp³-hybridized carbons (Fsp3) is 0.105. The molecule has 0 unspecified atom stereocenters. The summed E-state index contributed by atoms with van der Waals surface area (Å²) in [4.78, 5) is 15.6. The van der Waals surface area contributed by atoms with Gasteiger partial charge in [-0.05, 0) is 47.4 Å². The SMILES string of the molecule is O=C(/C=C/c1cccc(Br)c1)N(Cc1ccco1)Cc1cccs1. The van der Waals surface area contributed by atoms with Crippen LogP contribution < -0.4 is 0 Å². The molecular weight excluding hydrogens is 386 g/mol. The van der Waals surface area contributed by atoms with Crippen LogP contribution in [0.15, 0.2) is 75.1 Å². The van der Waals surface area contributed by atoms with Crippen LogP contribution in [0.2, 0.25) is 0 Å². The summed E-state index contributed by atoms with van der Waals surface area (Å²) in [5.41, 5.74) is 0.979. The molecule has 0 atom stereocenters. The van der Waals surface area contributed by atoms with E-state index in [2.05, 4.69) is 15.9 Å². The van der Waals surface area contributed by atoms with E-state index in [0.717, 1.165) is 20.7 Å². The number of furan rings is 1. The van der Waals surface area contributed by atoms with Crippen LogP contribution >= 0.6 is 27.3 Å². The highest BCUT2D eigenvalue weighted by Gasteiger charge is 2.14. The highest BCUT2D eigenvalue weighted by atomic mass is 79.9. The van der Waals surface area contributed by atoms with Crippen molar-refractivity contribution in [1.82, 2.24) is 4.90 Å². The lowest BCUT2D eigenvalue weighted by Crippen LogP contribution is -2.27.